The lowest BCUT2D eigenvalue weighted by molar-refractivity contribution is 0.113. The molecule has 0 bridgehead atoms. The van der Waals surface area contributed by atoms with Gasteiger partial charge in [-0.15, -0.1) is 0 Å². The van der Waals surface area contributed by atoms with Gasteiger partial charge in [0.1, 0.15) is 5.82 Å². The number of aromatic nitrogens is 2. The summed E-state index contributed by atoms with van der Waals surface area (Å²) in [5.74, 6) is 5.64. The molecule has 1 saturated heterocycles. The van der Waals surface area contributed by atoms with Gasteiger partial charge in [0.2, 0.25) is 0 Å². The molecular formula is C21H30FN5O3. The van der Waals surface area contributed by atoms with Crippen LogP contribution < -0.4 is 27.7 Å². The number of rotatable bonds is 6. The smallest absolute Gasteiger partial charge is 0.350 e. The third-order valence-electron chi connectivity index (χ3n) is 6.53. The fourth-order valence-electron chi connectivity index (χ4n) is 4.83. The number of hydrogen-bond acceptors (Lipinski definition) is 6. The van der Waals surface area contributed by atoms with Crippen LogP contribution in [0.2, 0.25) is 0 Å². The lowest BCUT2D eigenvalue weighted by Gasteiger charge is -2.25. The Hall–Kier alpha value is -2.39. The predicted molar refractivity (Wildman–Crippen MR) is 115 cm³/mol. The number of fused-ring (bicyclic) bond motifs is 1. The molecule has 9 heteroatoms. The van der Waals surface area contributed by atoms with Crippen LogP contribution >= 0.6 is 0 Å². The molecule has 164 valence electrons. The van der Waals surface area contributed by atoms with Crippen LogP contribution in [0.4, 0.5) is 10.1 Å². The van der Waals surface area contributed by atoms with Gasteiger partial charge in [-0.05, 0) is 44.6 Å². The molecule has 2 aliphatic rings. The number of halogens is 1. The van der Waals surface area contributed by atoms with E-state index < -0.39 is 17.1 Å². The van der Waals surface area contributed by atoms with Gasteiger partial charge in [-0.1, -0.05) is 6.92 Å². The van der Waals surface area contributed by atoms with Crippen molar-refractivity contribution in [3.63, 3.8) is 0 Å². The molecule has 0 spiro atoms. The molecule has 2 fully saturated rings. The van der Waals surface area contributed by atoms with Gasteiger partial charge >= 0.3 is 5.69 Å². The fraction of sp³-hybridized carbons (Fsp3) is 0.619. The fourth-order valence-corrected chi connectivity index (χ4v) is 4.83. The van der Waals surface area contributed by atoms with Gasteiger partial charge < -0.3 is 21.2 Å². The van der Waals surface area contributed by atoms with Crippen molar-refractivity contribution in [1.82, 2.24) is 9.24 Å². The summed E-state index contributed by atoms with van der Waals surface area (Å²) in [5, 5.41) is 0.139. The monoisotopic (exact) mass is 419 g/mol. The SMILES string of the molecule is CCOC[C@@H](N)[C@H]1CN(c2c(F)cc3c(=O)n(N)c(=O)n(C4CC4)c3c2C)C[C@@H]1C. The average molecular weight is 420 g/mol. The highest BCUT2D eigenvalue weighted by Gasteiger charge is 2.37. The summed E-state index contributed by atoms with van der Waals surface area (Å²) >= 11 is 0. The Labute approximate surface area is 174 Å². The molecule has 1 aliphatic heterocycles. The molecule has 0 radical (unpaired) electrons. The molecule has 1 aromatic heterocycles. The van der Waals surface area contributed by atoms with E-state index in [1.54, 1.807) is 11.5 Å². The number of nitrogens with two attached hydrogens (primary N) is 2. The van der Waals surface area contributed by atoms with Crippen molar-refractivity contribution in [3.05, 3.63) is 38.3 Å². The summed E-state index contributed by atoms with van der Waals surface area (Å²) in [6.07, 6.45) is 1.68. The highest BCUT2D eigenvalue weighted by atomic mass is 19.1. The van der Waals surface area contributed by atoms with Crippen LogP contribution in [0.5, 0.6) is 0 Å². The second kappa shape index (κ2) is 7.70. The number of nitrogen functional groups attached to an aromatic ring is 1. The van der Waals surface area contributed by atoms with E-state index in [2.05, 4.69) is 6.92 Å². The van der Waals surface area contributed by atoms with Crippen molar-refractivity contribution in [2.24, 2.45) is 17.6 Å². The number of hydrogen-bond donors (Lipinski definition) is 2. The minimum Gasteiger partial charge on any atom is -0.380 e. The number of nitrogens with zero attached hydrogens (tertiary/aromatic N) is 3. The number of ether oxygens (including phenoxy) is 1. The summed E-state index contributed by atoms with van der Waals surface area (Å²) in [5.41, 5.74) is 6.63. The van der Waals surface area contributed by atoms with Gasteiger partial charge in [0.05, 0.1) is 23.2 Å². The molecule has 2 heterocycles. The van der Waals surface area contributed by atoms with E-state index in [0.717, 1.165) is 12.8 Å². The van der Waals surface area contributed by atoms with Gasteiger partial charge in [-0.3, -0.25) is 9.36 Å². The number of aryl methyl sites for hydroxylation is 1. The maximum Gasteiger partial charge on any atom is 0.350 e. The minimum atomic E-state index is -0.674. The maximum atomic E-state index is 15.3. The zero-order valence-corrected chi connectivity index (χ0v) is 17.7. The Kier molecular flexibility index (Phi) is 5.36. The van der Waals surface area contributed by atoms with Crippen LogP contribution in [0.1, 0.15) is 38.3 Å². The molecule has 2 aromatic rings. The summed E-state index contributed by atoms with van der Waals surface area (Å²) in [6.45, 7) is 8.13. The first kappa shape index (κ1) is 20.9. The van der Waals surface area contributed by atoms with E-state index in [-0.39, 0.29) is 29.3 Å². The second-order valence-corrected chi connectivity index (χ2v) is 8.66. The molecule has 8 nitrogen and oxygen atoms in total. The molecule has 30 heavy (non-hydrogen) atoms. The third kappa shape index (κ3) is 3.30. The van der Waals surface area contributed by atoms with E-state index in [1.807, 2.05) is 11.8 Å². The van der Waals surface area contributed by atoms with Crippen LogP contribution in [-0.4, -0.2) is 41.6 Å². The first-order chi connectivity index (χ1) is 14.3. The molecule has 4 N–H and O–H groups in total. The van der Waals surface area contributed by atoms with Crippen LogP contribution in [0.25, 0.3) is 10.9 Å². The van der Waals surface area contributed by atoms with Crippen molar-refractivity contribution in [2.45, 2.75) is 45.7 Å². The molecule has 1 aliphatic carbocycles. The van der Waals surface area contributed by atoms with Crippen LogP contribution in [0.15, 0.2) is 15.7 Å². The van der Waals surface area contributed by atoms with Crippen molar-refractivity contribution in [3.8, 4) is 0 Å². The quantitative estimate of drug-likeness (QED) is 0.679. The van der Waals surface area contributed by atoms with E-state index in [0.29, 0.717) is 47.7 Å². The lowest BCUT2D eigenvalue weighted by Crippen LogP contribution is -2.44. The van der Waals surface area contributed by atoms with Gasteiger partial charge in [0, 0.05) is 37.3 Å². The Morgan fingerprint density at radius 2 is 2.00 bits per heavy atom. The summed E-state index contributed by atoms with van der Waals surface area (Å²) in [7, 11) is 0. The van der Waals surface area contributed by atoms with Gasteiger partial charge in [-0.2, -0.15) is 4.68 Å². The summed E-state index contributed by atoms with van der Waals surface area (Å²) in [6, 6.07) is 1.08. The first-order valence-corrected chi connectivity index (χ1v) is 10.6. The minimum absolute atomic E-state index is 0.00252. The van der Waals surface area contributed by atoms with Crippen LogP contribution in [-0.2, 0) is 4.74 Å². The van der Waals surface area contributed by atoms with Crippen molar-refractivity contribution in [1.29, 1.82) is 0 Å². The van der Waals surface area contributed by atoms with E-state index in [4.69, 9.17) is 16.3 Å². The Bertz CT molecular complexity index is 1090. The Morgan fingerprint density at radius 1 is 1.30 bits per heavy atom. The van der Waals surface area contributed by atoms with E-state index >= 15 is 4.39 Å². The first-order valence-electron chi connectivity index (χ1n) is 10.6. The molecule has 3 atom stereocenters. The predicted octanol–water partition coefficient (Wildman–Crippen LogP) is 1.10. The molecule has 1 aromatic carbocycles. The topological polar surface area (TPSA) is 109 Å². The molecule has 0 amide bonds. The standard InChI is InChI=1S/C21H30FN5O3/c1-4-30-10-17(23)15-9-25(8-11(15)2)19-12(3)18-14(7-16(19)22)20(28)27(24)21(29)26(18)13-5-6-13/h7,11,13,15,17H,4-6,8-10,23-24H2,1-3H3/t11-,15-,17+/m0/s1. The number of anilines is 1. The van der Waals surface area contributed by atoms with E-state index in [9.17, 15) is 9.59 Å². The zero-order valence-electron chi connectivity index (χ0n) is 17.7. The van der Waals surface area contributed by atoms with Crippen LogP contribution in [0.3, 0.4) is 0 Å². The second-order valence-electron chi connectivity index (χ2n) is 8.66. The molecule has 0 unspecified atom stereocenters. The third-order valence-corrected chi connectivity index (χ3v) is 6.53. The van der Waals surface area contributed by atoms with E-state index in [1.165, 1.54) is 6.07 Å². The molecule has 1 saturated carbocycles. The average Bonchev–Trinajstić information content (AvgIpc) is 3.47. The number of benzene rings is 1. The normalized spacial score (nSPS) is 22.8. The highest BCUT2D eigenvalue weighted by molar-refractivity contribution is 5.87. The van der Waals surface area contributed by atoms with Gasteiger partial charge in [0.25, 0.3) is 5.56 Å². The maximum absolute atomic E-state index is 15.3. The van der Waals surface area contributed by atoms with Crippen molar-refractivity contribution >= 4 is 16.6 Å². The summed E-state index contributed by atoms with van der Waals surface area (Å²) < 4.78 is 22.9. The molecule has 4 rings (SSSR count). The van der Waals surface area contributed by atoms with Crippen molar-refractivity contribution in [2.75, 3.05) is 37.0 Å². The van der Waals surface area contributed by atoms with Crippen LogP contribution in [0, 0.1) is 24.6 Å². The Balaban J connectivity index is 1.81. The highest BCUT2D eigenvalue weighted by Crippen LogP contribution is 2.40. The Morgan fingerprint density at radius 3 is 2.63 bits per heavy atom. The van der Waals surface area contributed by atoms with Crippen molar-refractivity contribution < 1.29 is 9.13 Å². The lowest BCUT2D eigenvalue weighted by atomic mass is 9.91. The van der Waals surface area contributed by atoms with Gasteiger partial charge in [-0.25, -0.2) is 9.18 Å². The zero-order chi connectivity index (χ0) is 21.7. The largest absolute Gasteiger partial charge is 0.380 e. The van der Waals surface area contributed by atoms with Gasteiger partial charge in [0.15, 0.2) is 0 Å². The molecular weight excluding hydrogens is 389 g/mol. The summed E-state index contributed by atoms with van der Waals surface area (Å²) in [4.78, 5) is 27.3.